The van der Waals surface area contributed by atoms with Crippen molar-refractivity contribution in [3.63, 3.8) is 0 Å². The predicted molar refractivity (Wildman–Crippen MR) is 75.8 cm³/mol. The molecule has 5 heteroatoms. The van der Waals surface area contributed by atoms with Gasteiger partial charge in [0.15, 0.2) is 0 Å². The van der Waals surface area contributed by atoms with Crippen molar-refractivity contribution in [3.05, 3.63) is 46.7 Å². The molecule has 19 heavy (non-hydrogen) atoms. The van der Waals surface area contributed by atoms with Crippen LogP contribution in [0.1, 0.15) is 31.0 Å². The zero-order valence-corrected chi connectivity index (χ0v) is 12.0. The van der Waals surface area contributed by atoms with E-state index in [-0.39, 0.29) is 5.82 Å². The molecule has 1 unspecified atom stereocenters. The molecular formula is C14H15BrFN3. The van der Waals surface area contributed by atoms with Gasteiger partial charge in [-0.3, -0.25) is 0 Å². The van der Waals surface area contributed by atoms with Crippen LogP contribution >= 0.6 is 15.9 Å². The fraction of sp³-hybridized carbons (Fsp3) is 0.357. The van der Waals surface area contributed by atoms with Gasteiger partial charge in [0, 0.05) is 11.7 Å². The highest BCUT2D eigenvalue weighted by Gasteiger charge is 2.19. The Morgan fingerprint density at radius 2 is 2.26 bits per heavy atom. The van der Waals surface area contributed by atoms with Crippen molar-refractivity contribution in [1.29, 1.82) is 0 Å². The third kappa shape index (κ3) is 2.58. The van der Waals surface area contributed by atoms with E-state index >= 15 is 0 Å². The van der Waals surface area contributed by atoms with Crippen LogP contribution in [-0.2, 0) is 0 Å². The molecule has 1 aromatic heterocycles. The summed E-state index contributed by atoms with van der Waals surface area (Å²) < 4.78 is 16.1. The molecule has 2 heterocycles. The molecule has 0 spiro atoms. The Balaban J connectivity index is 1.96. The van der Waals surface area contributed by atoms with Crippen LogP contribution in [0, 0.1) is 5.82 Å². The highest BCUT2D eigenvalue weighted by atomic mass is 79.9. The van der Waals surface area contributed by atoms with Crippen LogP contribution in [0.25, 0.3) is 5.69 Å². The van der Waals surface area contributed by atoms with Crippen LogP contribution in [0.2, 0.25) is 0 Å². The van der Waals surface area contributed by atoms with E-state index in [0.717, 1.165) is 24.3 Å². The van der Waals surface area contributed by atoms with Crippen molar-refractivity contribution in [2.45, 2.75) is 25.3 Å². The van der Waals surface area contributed by atoms with Gasteiger partial charge in [0.2, 0.25) is 0 Å². The number of rotatable bonds is 2. The Kier molecular flexibility index (Phi) is 3.66. The molecule has 0 saturated carbocycles. The fourth-order valence-electron chi connectivity index (χ4n) is 2.52. The van der Waals surface area contributed by atoms with Gasteiger partial charge in [-0.1, -0.05) is 6.42 Å². The van der Waals surface area contributed by atoms with E-state index in [0.29, 0.717) is 10.5 Å². The maximum absolute atomic E-state index is 13.6. The molecule has 0 aliphatic carbocycles. The second-order valence-electron chi connectivity index (χ2n) is 4.79. The molecule has 0 bridgehead atoms. The molecule has 1 N–H and O–H groups in total. The van der Waals surface area contributed by atoms with Crippen LogP contribution in [0.3, 0.4) is 0 Å². The average Bonchev–Trinajstić information content (AvgIpc) is 2.92. The summed E-state index contributed by atoms with van der Waals surface area (Å²) in [5.41, 5.74) is 1.90. The van der Waals surface area contributed by atoms with E-state index in [1.165, 1.54) is 18.9 Å². The topological polar surface area (TPSA) is 29.9 Å². The van der Waals surface area contributed by atoms with Gasteiger partial charge in [-0.25, -0.2) is 9.37 Å². The summed E-state index contributed by atoms with van der Waals surface area (Å²) in [6.07, 6.45) is 7.15. The number of nitrogens with zero attached hydrogens (tertiary/aromatic N) is 2. The van der Waals surface area contributed by atoms with E-state index in [4.69, 9.17) is 0 Å². The van der Waals surface area contributed by atoms with E-state index in [9.17, 15) is 4.39 Å². The molecule has 1 aliphatic heterocycles. The lowest BCUT2D eigenvalue weighted by molar-refractivity contribution is 0.402. The number of imidazole rings is 1. The Labute approximate surface area is 120 Å². The largest absolute Gasteiger partial charge is 0.309 e. The van der Waals surface area contributed by atoms with Gasteiger partial charge in [0.05, 0.1) is 22.7 Å². The molecule has 3 nitrogen and oxygen atoms in total. The van der Waals surface area contributed by atoms with Gasteiger partial charge in [0.1, 0.15) is 5.82 Å². The van der Waals surface area contributed by atoms with Crippen LogP contribution in [-0.4, -0.2) is 16.1 Å². The van der Waals surface area contributed by atoms with Crippen LogP contribution in [0.5, 0.6) is 0 Å². The van der Waals surface area contributed by atoms with Crippen LogP contribution < -0.4 is 5.32 Å². The average molecular weight is 324 g/mol. The van der Waals surface area contributed by atoms with Crippen molar-refractivity contribution in [2.75, 3.05) is 6.54 Å². The smallest absolute Gasteiger partial charge is 0.139 e. The number of hydrogen-bond donors (Lipinski definition) is 1. The second-order valence-corrected chi connectivity index (χ2v) is 5.64. The van der Waals surface area contributed by atoms with Crippen LogP contribution in [0.15, 0.2) is 35.2 Å². The molecule has 0 radical (unpaired) electrons. The maximum Gasteiger partial charge on any atom is 0.139 e. The number of nitrogens with one attached hydrogen (secondary N) is 1. The lowest BCUT2D eigenvalue weighted by Gasteiger charge is -2.24. The molecule has 0 amide bonds. The van der Waals surface area contributed by atoms with Gasteiger partial charge in [-0.15, -0.1) is 0 Å². The molecule has 100 valence electrons. The monoisotopic (exact) mass is 323 g/mol. The van der Waals surface area contributed by atoms with Crippen molar-refractivity contribution in [2.24, 2.45) is 0 Å². The van der Waals surface area contributed by atoms with Gasteiger partial charge in [0.25, 0.3) is 0 Å². The number of aromatic nitrogens is 2. The van der Waals surface area contributed by atoms with Gasteiger partial charge >= 0.3 is 0 Å². The van der Waals surface area contributed by atoms with Gasteiger partial charge in [-0.05, 0) is 53.5 Å². The lowest BCUT2D eigenvalue weighted by atomic mass is 10.0. The molecule has 1 saturated heterocycles. The molecule has 1 fully saturated rings. The van der Waals surface area contributed by atoms with E-state index < -0.39 is 0 Å². The van der Waals surface area contributed by atoms with Crippen molar-refractivity contribution >= 4 is 15.9 Å². The molecule has 2 aromatic rings. The first-order valence-electron chi connectivity index (χ1n) is 6.47. The minimum Gasteiger partial charge on any atom is -0.309 e. The molecule has 3 rings (SSSR count). The van der Waals surface area contributed by atoms with E-state index in [1.54, 1.807) is 12.4 Å². The number of piperidine rings is 1. The Morgan fingerprint density at radius 1 is 1.37 bits per heavy atom. The minimum atomic E-state index is -0.256. The summed E-state index contributed by atoms with van der Waals surface area (Å²) in [4.78, 5) is 4.21. The molecule has 1 aliphatic rings. The molecule has 1 atom stereocenters. The summed E-state index contributed by atoms with van der Waals surface area (Å²) in [6, 6.07) is 5.45. The molecule has 1 aromatic carbocycles. The first-order chi connectivity index (χ1) is 9.25. The summed E-state index contributed by atoms with van der Waals surface area (Å²) in [6.45, 7) is 1.03. The van der Waals surface area contributed by atoms with Gasteiger partial charge in [-0.2, -0.15) is 0 Å². The summed E-state index contributed by atoms with van der Waals surface area (Å²) in [5.74, 6) is -0.256. The zero-order chi connectivity index (χ0) is 13.2. The maximum atomic E-state index is 13.6. The number of halogens is 2. The first kappa shape index (κ1) is 12.8. The second kappa shape index (κ2) is 5.43. The Bertz CT molecular complexity index is 576. The third-order valence-electron chi connectivity index (χ3n) is 3.52. The van der Waals surface area contributed by atoms with E-state index in [1.807, 2.05) is 16.8 Å². The van der Waals surface area contributed by atoms with Crippen molar-refractivity contribution in [3.8, 4) is 5.69 Å². The number of hydrogen-bond acceptors (Lipinski definition) is 2. The Hall–Kier alpha value is -1.20. The lowest BCUT2D eigenvalue weighted by Crippen LogP contribution is -2.28. The summed E-state index contributed by atoms with van der Waals surface area (Å²) >= 11 is 3.18. The standard InChI is InChI=1S/C14H15BrFN3/c15-11-5-4-10(7-12(11)16)19-9-17-8-14(19)13-3-1-2-6-18-13/h4-5,7-9,13,18H,1-3,6H2. The van der Waals surface area contributed by atoms with E-state index in [2.05, 4.69) is 26.2 Å². The molecular weight excluding hydrogens is 309 g/mol. The highest BCUT2D eigenvalue weighted by Crippen LogP contribution is 2.26. The summed E-state index contributed by atoms with van der Waals surface area (Å²) in [7, 11) is 0. The Morgan fingerprint density at radius 3 is 3.00 bits per heavy atom. The zero-order valence-electron chi connectivity index (χ0n) is 10.4. The quantitative estimate of drug-likeness (QED) is 0.915. The minimum absolute atomic E-state index is 0.256. The van der Waals surface area contributed by atoms with Gasteiger partial charge < -0.3 is 9.88 Å². The SMILES string of the molecule is Fc1cc(-n2cncc2C2CCCCN2)ccc1Br. The summed E-state index contributed by atoms with van der Waals surface area (Å²) in [5, 5.41) is 3.49. The normalized spacial score (nSPS) is 19.6. The highest BCUT2D eigenvalue weighted by molar-refractivity contribution is 9.10. The fourth-order valence-corrected chi connectivity index (χ4v) is 2.76. The number of benzene rings is 1. The first-order valence-corrected chi connectivity index (χ1v) is 7.26. The van der Waals surface area contributed by atoms with Crippen LogP contribution in [0.4, 0.5) is 4.39 Å². The predicted octanol–water partition coefficient (Wildman–Crippen LogP) is 3.59. The third-order valence-corrected chi connectivity index (χ3v) is 4.16. The van der Waals surface area contributed by atoms with Crippen molar-refractivity contribution < 1.29 is 4.39 Å². The van der Waals surface area contributed by atoms with Crippen molar-refractivity contribution in [1.82, 2.24) is 14.9 Å².